The molecule has 0 fully saturated rings. The molecular weight excluding hydrogens is 400 g/mol. The Kier molecular flexibility index (Phi) is 7.68. The van der Waals surface area contributed by atoms with E-state index in [4.69, 9.17) is 14.2 Å². The number of nitrogens with one attached hydrogen (secondary N) is 1. The highest BCUT2D eigenvalue weighted by molar-refractivity contribution is 7.14. The van der Waals surface area contributed by atoms with Crippen LogP contribution in [-0.4, -0.2) is 31.7 Å². The van der Waals surface area contributed by atoms with Crippen LogP contribution in [-0.2, 0) is 0 Å². The highest BCUT2D eigenvalue weighted by Gasteiger charge is 2.14. The Morgan fingerprint density at radius 1 is 1.07 bits per heavy atom. The topological polar surface area (TPSA) is 69.7 Å². The van der Waals surface area contributed by atoms with Crippen LogP contribution in [0.15, 0.2) is 47.8 Å². The van der Waals surface area contributed by atoms with Crippen LogP contribution in [0.2, 0.25) is 0 Å². The maximum atomic E-state index is 12.7. The lowest BCUT2D eigenvalue weighted by atomic mass is 10.1. The number of carbonyl (C=O) groups excluding carboxylic acids is 1. The van der Waals surface area contributed by atoms with Crippen molar-refractivity contribution in [1.29, 1.82) is 0 Å². The van der Waals surface area contributed by atoms with Crippen LogP contribution in [0.4, 0.5) is 5.13 Å². The fourth-order valence-corrected chi connectivity index (χ4v) is 3.61. The molecule has 6 nitrogen and oxygen atoms in total. The summed E-state index contributed by atoms with van der Waals surface area (Å²) in [6.45, 7) is 2.80. The predicted molar refractivity (Wildman–Crippen MR) is 120 cm³/mol. The van der Waals surface area contributed by atoms with Crippen molar-refractivity contribution in [2.24, 2.45) is 0 Å². The van der Waals surface area contributed by atoms with Gasteiger partial charge < -0.3 is 14.2 Å². The van der Waals surface area contributed by atoms with Gasteiger partial charge in [-0.2, -0.15) is 0 Å². The molecule has 3 aromatic rings. The summed E-state index contributed by atoms with van der Waals surface area (Å²) in [5, 5.41) is 5.24. The summed E-state index contributed by atoms with van der Waals surface area (Å²) in [6.07, 6.45) is 3.27. The zero-order valence-corrected chi connectivity index (χ0v) is 18.3. The molecule has 1 aromatic heterocycles. The number of aromatic nitrogens is 1. The first-order valence-electron chi connectivity index (χ1n) is 9.86. The van der Waals surface area contributed by atoms with E-state index in [-0.39, 0.29) is 5.91 Å². The average molecular weight is 427 g/mol. The molecule has 1 N–H and O–H groups in total. The second-order valence-electron chi connectivity index (χ2n) is 6.64. The number of amides is 1. The van der Waals surface area contributed by atoms with E-state index in [1.807, 2.05) is 35.7 Å². The molecule has 0 saturated heterocycles. The normalized spacial score (nSPS) is 10.5. The maximum absolute atomic E-state index is 12.7. The summed E-state index contributed by atoms with van der Waals surface area (Å²) in [5.74, 6) is 1.86. The lowest BCUT2D eigenvalue weighted by Gasteiger charge is -2.08. The maximum Gasteiger partial charge on any atom is 0.257 e. The van der Waals surface area contributed by atoms with E-state index in [0.717, 1.165) is 24.8 Å². The van der Waals surface area contributed by atoms with Gasteiger partial charge in [-0.1, -0.05) is 25.8 Å². The van der Waals surface area contributed by atoms with Crippen LogP contribution in [0, 0.1) is 0 Å². The van der Waals surface area contributed by atoms with E-state index < -0.39 is 0 Å². The lowest BCUT2D eigenvalue weighted by Crippen LogP contribution is -2.12. The molecule has 1 heterocycles. The first kappa shape index (κ1) is 21.6. The summed E-state index contributed by atoms with van der Waals surface area (Å²) >= 11 is 1.35. The number of hydrogen-bond donors (Lipinski definition) is 1. The van der Waals surface area contributed by atoms with Gasteiger partial charge in [0.25, 0.3) is 5.91 Å². The van der Waals surface area contributed by atoms with E-state index in [0.29, 0.717) is 40.2 Å². The number of methoxy groups -OCH3 is 2. The Balaban J connectivity index is 1.70. The van der Waals surface area contributed by atoms with Crippen LogP contribution < -0.4 is 19.5 Å². The molecule has 158 valence electrons. The minimum absolute atomic E-state index is 0.229. The van der Waals surface area contributed by atoms with Gasteiger partial charge in [0.05, 0.1) is 26.5 Å². The van der Waals surface area contributed by atoms with Gasteiger partial charge in [-0.05, 0) is 42.8 Å². The third-order valence-electron chi connectivity index (χ3n) is 4.52. The zero-order valence-electron chi connectivity index (χ0n) is 17.4. The fraction of sp³-hybridized carbons (Fsp3) is 0.304. The second-order valence-corrected chi connectivity index (χ2v) is 7.50. The van der Waals surface area contributed by atoms with Gasteiger partial charge in [0.1, 0.15) is 17.2 Å². The Hall–Kier alpha value is -3.06. The van der Waals surface area contributed by atoms with Gasteiger partial charge >= 0.3 is 0 Å². The van der Waals surface area contributed by atoms with Crippen molar-refractivity contribution >= 4 is 22.4 Å². The third-order valence-corrected chi connectivity index (χ3v) is 5.28. The summed E-state index contributed by atoms with van der Waals surface area (Å²) in [5.41, 5.74) is 2.04. The van der Waals surface area contributed by atoms with Gasteiger partial charge in [0.15, 0.2) is 5.13 Å². The van der Waals surface area contributed by atoms with Crippen molar-refractivity contribution in [2.75, 3.05) is 26.1 Å². The van der Waals surface area contributed by atoms with Crippen molar-refractivity contribution < 1.29 is 19.0 Å². The quantitative estimate of drug-likeness (QED) is 0.424. The largest absolute Gasteiger partial charge is 0.497 e. The number of ether oxygens (including phenoxy) is 3. The van der Waals surface area contributed by atoms with Crippen LogP contribution in [0.3, 0.4) is 0 Å². The molecule has 3 rings (SSSR count). The predicted octanol–water partition coefficient (Wildman–Crippen LogP) is 5.65. The standard InChI is InChI=1S/C23H26N2O4S/c1-4-5-6-12-29-18-9-7-8-16(13-18)22(26)25-23-24-20(15-30-23)19-14-17(27-2)10-11-21(19)28-3/h7-11,13-15H,4-6,12H2,1-3H3,(H,24,25,26). The average Bonchev–Trinajstić information content (AvgIpc) is 3.24. The second kappa shape index (κ2) is 10.6. The van der Waals surface area contributed by atoms with Gasteiger partial charge in [-0.3, -0.25) is 10.1 Å². The highest BCUT2D eigenvalue weighted by atomic mass is 32.1. The number of carbonyl (C=O) groups is 1. The van der Waals surface area contributed by atoms with Crippen molar-refractivity contribution in [3.63, 3.8) is 0 Å². The molecule has 30 heavy (non-hydrogen) atoms. The SMILES string of the molecule is CCCCCOc1cccc(C(=O)Nc2nc(-c3cc(OC)ccc3OC)cs2)c1. The molecule has 0 unspecified atom stereocenters. The zero-order chi connectivity index (χ0) is 21.3. The molecule has 0 aliphatic heterocycles. The summed E-state index contributed by atoms with van der Waals surface area (Å²) in [6, 6.07) is 12.7. The van der Waals surface area contributed by atoms with Crippen LogP contribution in [0.5, 0.6) is 17.2 Å². The van der Waals surface area contributed by atoms with Gasteiger partial charge in [-0.25, -0.2) is 4.98 Å². The summed E-state index contributed by atoms with van der Waals surface area (Å²) < 4.78 is 16.5. The lowest BCUT2D eigenvalue weighted by molar-refractivity contribution is 0.102. The Bertz CT molecular complexity index is 987. The molecule has 2 aromatic carbocycles. The first-order valence-corrected chi connectivity index (χ1v) is 10.7. The van der Waals surface area contributed by atoms with Crippen molar-refractivity contribution in [3.05, 3.63) is 53.4 Å². The molecule has 7 heteroatoms. The molecule has 0 bridgehead atoms. The van der Waals surface area contributed by atoms with Crippen molar-refractivity contribution in [1.82, 2.24) is 4.98 Å². The number of rotatable bonds is 10. The van der Waals surface area contributed by atoms with Gasteiger partial charge in [-0.15, -0.1) is 11.3 Å². The number of unbranched alkanes of at least 4 members (excludes halogenated alkanes) is 2. The fourth-order valence-electron chi connectivity index (χ4n) is 2.91. The Morgan fingerprint density at radius 3 is 2.70 bits per heavy atom. The molecule has 0 aliphatic rings. The molecule has 1 amide bonds. The van der Waals surface area contributed by atoms with Crippen LogP contribution in [0.1, 0.15) is 36.5 Å². The van der Waals surface area contributed by atoms with E-state index in [9.17, 15) is 4.79 Å². The number of anilines is 1. The van der Waals surface area contributed by atoms with Crippen molar-refractivity contribution in [3.8, 4) is 28.5 Å². The Labute approximate surface area is 180 Å². The smallest absolute Gasteiger partial charge is 0.257 e. The highest BCUT2D eigenvalue weighted by Crippen LogP contribution is 2.35. The monoisotopic (exact) mass is 426 g/mol. The molecule has 0 saturated carbocycles. The number of benzene rings is 2. The van der Waals surface area contributed by atoms with Gasteiger partial charge in [0, 0.05) is 16.5 Å². The first-order chi connectivity index (χ1) is 14.6. The molecular formula is C23H26N2O4S. The van der Waals surface area contributed by atoms with E-state index >= 15 is 0 Å². The van der Waals surface area contributed by atoms with Gasteiger partial charge in [0.2, 0.25) is 0 Å². The summed E-state index contributed by atoms with van der Waals surface area (Å²) in [4.78, 5) is 17.2. The summed E-state index contributed by atoms with van der Waals surface area (Å²) in [7, 11) is 3.22. The Morgan fingerprint density at radius 2 is 1.93 bits per heavy atom. The van der Waals surface area contributed by atoms with E-state index in [1.165, 1.54) is 11.3 Å². The third kappa shape index (κ3) is 5.51. The molecule has 0 spiro atoms. The number of thiazole rings is 1. The number of nitrogens with zero attached hydrogens (tertiary/aromatic N) is 1. The van der Waals surface area contributed by atoms with Crippen molar-refractivity contribution in [2.45, 2.75) is 26.2 Å². The van der Waals surface area contributed by atoms with E-state index in [1.54, 1.807) is 26.4 Å². The molecule has 0 radical (unpaired) electrons. The van der Waals surface area contributed by atoms with Crippen LogP contribution in [0.25, 0.3) is 11.3 Å². The van der Waals surface area contributed by atoms with Crippen LogP contribution >= 0.6 is 11.3 Å². The molecule has 0 aliphatic carbocycles. The number of hydrogen-bond acceptors (Lipinski definition) is 6. The minimum atomic E-state index is -0.229. The van der Waals surface area contributed by atoms with E-state index in [2.05, 4.69) is 17.2 Å². The minimum Gasteiger partial charge on any atom is -0.497 e. The molecule has 0 atom stereocenters.